The molecule has 0 aromatic heterocycles. The lowest BCUT2D eigenvalue weighted by molar-refractivity contribution is -0.143. The van der Waals surface area contributed by atoms with Crippen molar-refractivity contribution < 1.29 is 9.53 Å². The van der Waals surface area contributed by atoms with Crippen LogP contribution in [0.25, 0.3) is 0 Å². The lowest BCUT2D eigenvalue weighted by atomic mass is 9.71. The first-order valence-corrected chi connectivity index (χ1v) is 8.30. The van der Waals surface area contributed by atoms with Gasteiger partial charge in [-0.2, -0.15) is 0 Å². The molecule has 3 fully saturated rings. The Morgan fingerprint density at radius 3 is 2.70 bits per heavy atom. The standard InChI is InChI=1S/C17H27NO2/c1-11-5-3-7-14(18-11)10-9-13-6-4-8-15-16(13)12(2)20-17(15)19/h9-16,18H,3-8H2,1-2H3/b10-9+/t11-,12-,13?,14?,15-,16+/m0/s1. The van der Waals surface area contributed by atoms with E-state index >= 15 is 0 Å². The molecule has 3 heteroatoms. The molecule has 3 nitrogen and oxygen atoms in total. The predicted octanol–water partition coefficient (Wildman–Crippen LogP) is 3.05. The number of carbonyl (C=O) groups is 1. The lowest BCUT2D eigenvalue weighted by Crippen LogP contribution is -2.39. The molecule has 2 aliphatic heterocycles. The molecule has 3 aliphatic rings. The lowest BCUT2D eigenvalue weighted by Gasteiger charge is -2.32. The molecule has 0 bridgehead atoms. The van der Waals surface area contributed by atoms with Gasteiger partial charge in [-0.05, 0) is 45.4 Å². The Morgan fingerprint density at radius 2 is 1.90 bits per heavy atom. The number of cyclic esters (lactones) is 1. The van der Waals surface area contributed by atoms with E-state index in [4.69, 9.17) is 4.74 Å². The highest BCUT2D eigenvalue weighted by atomic mass is 16.6. The average molecular weight is 277 g/mol. The van der Waals surface area contributed by atoms with Crippen LogP contribution in [0.1, 0.15) is 52.4 Å². The predicted molar refractivity (Wildman–Crippen MR) is 79.3 cm³/mol. The summed E-state index contributed by atoms with van der Waals surface area (Å²) in [6.45, 7) is 4.33. The smallest absolute Gasteiger partial charge is 0.309 e. The highest BCUT2D eigenvalue weighted by molar-refractivity contribution is 5.75. The Labute approximate surface area is 122 Å². The molecule has 0 spiro atoms. The summed E-state index contributed by atoms with van der Waals surface area (Å²) in [5.41, 5.74) is 0. The first-order valence-electron chi connectivity index (χ1n) is 8.30. The third-order valence-electron chi connectivity index (χ3n) is 5.40. The largest absolute Gasteiger partial charge is 0.462 e. The second-order valence-corrected chi connectivity index (χ2v) is 6.91. The molecule has 1 saturated carbocycles. The summed E-state index contributed by atoms with van der Waals surface area (Å²) >= 11 is 0. The van der Waals surface area contributed by atoms with Crippen LogP contribution in [0, 0.1) is 17.8 Å². The van der Waals surface area contributed by atoms with Gasteiger partial charge in [-0.15, -0.1) is 0 Å². The number of rotatable bonds is 2. The average Bonchev–Trinajstić information content (AvgIpc) is 2.73. The van der Waals surface area contributed by atoms with E-state index in [0.717, 1.165) is 12.8 Å². The van der Waals surface area contributed by atoms with E-state index in [9.17, 15) is 4.79 Å². The van der Waals surface area contributed by atoms with Crippen molar-refractivity contribution in [1.29, 1.82) is 0 Å². The minimum atomic E-state index is 0.0463. The van der Waals surface area contributed by atoms with Gasteiger partial charge in [-0.25, -0.2) is 0 Å². The minimum Gasteiger partial charge on any atom is -0.462 e. The number of piperidine rings is 1. The van der Waals surface area contributed by atoms with Crippen LogP contribution in [0.2, 0.25) is 0 Å². The fraction of sp³-hybridized carbons (Fsp3) is 0.824. The van der Waals surface area contributed by atoms with Gasteiger partial charge in [0.25, 0.3) is 0 Å². The maximum absolute atomic E-state index is 11.9. The molecule has 3 rings (SSSR count). The number of ether oxygens (including phenoxy) is 1. The summed E-state index contributed by atoms with van der Waals surface area (Å²) in [7, 11) is 0. The van der Waals surface area contributed by atoms with Crippen molar-refractivity contribution in [2.75, 3.05) is 0 Å². The summed E-state index contributed by atoms with van der Waals surface area (Å²) in [5.74, 6) is 1.14. The van der Waals surface area contributed by atoms with E-state index in [-0.39, 0.29) is 18.0 Å². The Morgan fingerprint density at radius 1 is 1.10 bits per heavy atom. The van der Waals surface area contributed by atoms with Crippen molar-refractivity contribution in [3.05, 3.63) is 12.2 Å². The third kappa shape index (κ3) is 2.78. The Kier molecular flexibility index (Phi) is 4.16. The van der Waals surface area contributed by atoms with Gasteiger partial charge in [-0.1, -0.05) is 25.0 Å². The Balaban J connectivity index is 1.65. The molecule has 2 saturated heterocycles. The topological polar surface area (TPSA) is 38.3 Å². The van der Waals surface area contributed by atoms with Crippen LogP contribution < -0.4 is 5.32 Å². The molecule has 2 unspecified atom stereocenters. The molecular weight excluding hydrogens is 250 g/mol. The maximum atomic E-state index is 11.9. The molecule has 0 aromatic rings. The summed E-state index contributed by atoms with van der Waals surface area (Å²) < 4.78 is 5.46. The van der Waals surface area contributed by atoms with Crippen LogP contribution in [0.3, 0.4) is 0 Å². The number of nitrogens with one attached hydrogen (secondary N) is 1. The molecule has 6 atom stereocenters. The molecule has 112 valence electrons. The van der Waals surface area contributed by atoms with Crippen LogP contribution in [-0.4, -0.2) is 24.2 Å². The van der Waals surface area contributed by atoms with Gasteiger partial charge in [0, 0.05) is 18.0 Å². The summed E-state index contributed by atoms with van der Waals surface area (Å²) in [4.78, 5) is 11.9. The highest BCUT2D eigenvalue weighted by Gasteiger charge is 2.47. The van der Waals surface area contributed by atoms with Gasteiger partial charge in [0.05, 0.1) is 5.92 Å². The molecule has 20 heavy (non-hydrogen) atoms. The maximum Gasteiger partial charge on any atom is 0.309 e. The number of carbonyl (C=O) groups excluding carboxylic acids is 1. The number of allylic oxidation sites excluding steroid dienone is 1. The highest BCUT2D eigenvalue weighted by Crippen LogP contribution is 2.43. The van der Waals surface area contributed by atoms with Crippen LogP contribution in [0.15, 0.2) is 12.2 Å². The van der Waals surface area contributed by atoms with Crippen molar-refractivity contribution in [2.45, 2.75) is 70.6 Å². The van der Waals surface area contributed by atoms with E-state index in [2.05, 4.69) is 31.3 Å². The van der Waals surface area contributed by atoms with E-state index in [1.165, 1.54) is 25.7 Å². The van der Waals surface area contributed by atoms with Crippen LogP contribution in [-0.2, 0) is 9.53 Å². The SMILES string of the molecule is C[C@@H]1OC(=O)[C@H]2CCCC(/C=C/C3CCC[C@H](C)N3)[C@@H]12. The Hall–Kier alpha value is -0.830. The summed E-state index contributed by atoms with van der Waals surface area (Å²) in [6, 6.07) is 1.15. The van der Waals surface area contributed by atoms with Crippen LogP contribution in [0.5, 0.6) is 0 Å². The van der Waals surface area contributed by atoms with Gasteiger partial charge in [0.2, 0.25) is 0 Å². The molecule has 0 aromatic carbocycles. The monoisotopic (exact) mass is 277 g/mol. The van der Waals surface area contributed by atoms with Gasteiger partial charge in [0.1, 0.15) is 6.10 Å². The molecule has 1 aliphatic carbocycles. The van der Waals surface area contributed by atoms with E-state index in [1.54, 1.807) is 0 Å². The van der Waals surface area contributed by atoms with Crippen molar-refractivity contribution in [1.82, 2.24) is 5.32 Å². The fourth-order valence-electron chi connectivity index (χ4n) is 4.39. The Bertz CT molecular complexity index is 392. The molecule has 1 N–H and O–H groups in total. The first kappa shape index (κ1) is 14.1. The van der Waals surface area contributed by atoms with Crippen molar-refractivity contribution in [3.63, 3.8) is 0 Å². The quantitative estimate of drug-likeness (QED) is 0.623. The van der Waals surface area contributed by atoms with Crippen LogP contribution in [0.4, 0.5) is 0 Å². The number of hydrogen-bond donors (Lipinski definition) is 1. The zero-order valence-corrected chi connectivity index (χ0v) is 12.7. The second-order valence-electron chi connectivity index (χ2n) is 6.91. The number of fused-ring (bicyclic) bond motifs is 1. The molecule has 2 heterocycles. The number of esters is 1. The summed E-state index contributed by atoms with van der Waals surface area (Å²) in [5, 5.41) is 3.65. The zero-order chi connectivity index (χ0) is 14.1. The normalized spacial score (nSPS) is 45.4. The summed E-state index contributed by atoms with van der Waals surface area (Å²) in [6.07, 6.45) is 12.1. The first-order chi connectivity index (χ1) is 9.65. The second kappa shape index (κ2) is 5.88. The fourth-order valence-corrected chi connectivity index (χ4v) is 4.39. The minimum absolute atomic E-state index is 0.0463. The van der Waals surface area contributed by atoms with Gasteiger partial charge in [-0.3, -0.25) is 4.79 Å². The van der Waals surface area contributed by atoms with E-state index < -0.39 is 0 Å². The molecular formula is C17H27NO2. The van der Waals surface area contributed by atoms with E-state index in [1.807, 2.05) is 0 Å². The zero-order valence-electron chi connectivity index (χ0n) is 12.7. The van der Waals surface area contributed by atoms with E-state index in [0.29, 0.717) is 23.9 Å². The van der Waals surface area contributed by atoms with Gasteiger partial charge in [0.15, 0.2) is 0 Å². The molecule has 0 radical (unpaired) electrons. The van der Waals surface area contributed by atoms with Crippen molar-refractivity contribution >= 4 is 5.97 Å². The van der Waals surface area contributed by atoms with Gasteiger partial charge < -0.3 is 10.1 Å². The van der Waals surface area contributed by atoms with Crippen molar-refractivity contribution in [3.8, 4) is 0 Å². The van der Waals surface area contributed by atoms with Gasteiger partial charge >= 0.3 is 5.97 Å². The molecule has 0 amide bonds. The van der Waals surface area contributed by atoms with Crippen molar-refractivity contribution in [2.24, 2.45) is 17.8 Å². The number of hydrogen-bond acceptors (Lipinski definition) is 3. The third-order valence-corrected chi connectivity index (χ3v) is 5.40. The van der Waals surface area contributed by atoms with Crippen LogP contribution >= 0.6 is 0 Å².